The first-order valence-electron chi connectivity index (χ1n) is 8.50. The first-order valence-corrected chi connectivity index (χ1v) is 8.50. The van der Waals surface area contributed by atoms with Crippen molar-refractivity contribution in [1.82, 2.24) is 0 Å². The average molecular weight is 370 g/mol. The van der Waals surface area contributed by atoms with Gasteiger partial charge in [-0.1, -0.05) is 65.0 Å². The van der Waals surface area contributed by atoms with Gasteiger partial charge in [-0.25, -0.2) is 0 Å². The van der Waals surface area contributed by atoms with Gasteiger partial charge in [0.2, 0.25) is 5.78 Å². The molecule has 0 bridgehead atoms. The number of ketones is 1. The zero-order valence-corrected chi connectivity index (χ0v) is 15.9. The molecule has 0 aromatic carbocycles. The number of hydrogen-bond acceptors (Lipinski definition) is 1. The van der Waals surface area contributed by atoms with Crippen LogP contribution in [-0.2, 0) is 4.79 Å². The second-order valence-corrected chi connectivity index (χ2v) is 4.88. The van der Waals surface area contributed by atoms with Crippen LogP contribution in [0.1, 0.15) is 66.7 Å². The quantitative estimate of drug-likeness (QED) is 0.246. The van der Waals surface area contributed by atoms with E-state index < -0.39 is 24.3 Å². The van der Waals surface area contributed by atoms with Gasteiger partial charge in [0, 0.05) is 6.42 Å². The van der Waals surface area contributed by atoms with E-state index in [9.17, 15) is 26.7 Å². The molecule has 0 saturated carbocycles. The second-order valence-electron chi connectivity index (χ2n) is 4.88. The Balaban J connectivity index is -0.000000866. The Morgan fingerprint density at radius 3 is 1.80 bits per heavy atom. The number of Topliss-reactive ketones (excluding diaryl/α,β-unsaturated/α-hetero) is 1. The fourth-order valence-electron chi connectivity index (χ4n) is 1.40. The van der Waals surface area contributed by atoms with Crippen LogP contribution in [0.2, 0.25) is 0 Å². The van der Waals surface area contributed by atoms with Crippen LogP contribution in [0.5, 0.6) is 0 Å². The number of hydrogen-bond donors (Lipinski definition) is 0. The predicted octanol–water partition coefficient (Wildman–Crippen LogP) is 7.44. The minimum Gasteiger partial charge on any atom is -0.293 e. The molecular weight excluding hydrogens is 339 g/mol. The topological polar surface area (TPSA) is 17.1 Å². The molecule has 0 atom stereocenters. The largest absolute Gasteiger partial charge is 0.461 e. The van der Waals surface area contributed by atoms with Crippen molar-refractivity contribution in [3.63, 3.8) is 0 Å². The van der Waals surface area contributed by atoms with Gasteiger partial charge in [0.25, 0.3) is 0 Å². The molecule has 1 nitrogen and oxygen atoms in total. The summed E-state index contributed by atoms with van der Waals surface area (Å²) in [7, 11) is 0. The van der Waals surface area contributed by atoms with Crippen molar-refractivity contribution < 1.29 is 26.7 Å². The van der Waals surface area contributed by atoms with Gasteiger partial charge in [-0.3, -0.25) is 4.79 Å². The molecule has 0 fully saturated rings. The van der Waals surface area contributed by atoms with Crippen LogP contribution < -0.4 is 0 Å². The van der Waals surface area contributed by atoms with E-state index in [1.807, 2.05) is 20.8 Å². The van der Waals surface area contributed by atoms with Gasteiger partial charge in [0.05, 0.1) is 0 Å². The van der Waals surface area contributed by atoms with Crippen LogP contribution in [-0.4, -0.2) is 17.9 Å². The van der Waals surface area contributed by atoms with Crippen LogP contribution in [0.25, 0.3) is 0 Å². The molecule has 0 N–H and O–H groups in total. The van der Waals surface area contributed by atoms with Crippen molar-refractivity contribution in [3.8, 4) is 0 Å². The smallest absolute Gasteiger partial charge is 0.293 e. The van der Waals surface area contributed by atoms with Gasteiger partial charge in [-0.05, 0) is 31.8 Å². The third-order valence-electron chi connectivity index (χ3n) is 2.59. The maximum absolute atomic E-state index is 12.6. The third-order valence-corrected chi connectivity index (χ3v) is 2.59. The number of halogens is 5. The molecule has 0 aromatic heterocycles. The summed E-state index contributed by atoms with van der Waals surface area (Å²) in [5.74, 6) is -7.34. The van der Waals surface area contributed by atoms with E-state index in [0.717, 1.165) is 5.57 Å². The van der Waals surface area contributed by atoms with Crippen molar-refractivity contribution in [2.75, 3.05) is 0 Å². The summed E-state index contributed by atoms with van der Waals surface area (Å²) in [5.41, 5.74) is 0.832. The number of carbonyl (C=O) groups excluding carboxylic acids is 1. The molecule has 0 aromatic rings. The fourth-order valence-corrected chi connectivity index (χ4v) is 1.40. The van der Waals surface area contributed by atoms with E-state index in [2.05, 4.69) is 20.4 Å². The first kappa shape index (κ1) is 28.3. The zero-order valence-electron chi connectivity index (χ0n) is 15.9. The number of alkyl halides is 5. The highest BCUT2D eigenvalue weighted by Gasteiger charge is 2.62. The van der Waals surface area contributed by atoms with Gasteiger partial charge in [0.1, 0.15) is 0 Å². The number of allylic oxidation sites excluding steroid dienone is 5. The Bertz CT molecular complexity index is 407. The van der Waals surface area contributed by atoms with E-state index in [-0.39, 0.29) is 6.42 Å². The SMILES string of the molecule is C=C/C(=C\C=C/C)CCCCC(=O)C(F)(F)C(F)(F)F.CC.CCC. The summed E-state index contributed by atoms with van der Waals surface area (Å²) in [6.45, 7) is 13.6. The van der Waals surface area contributed by atoms with Crippen molar-refractivity contribution in [2.45, 2.75) is 78.8 Å². The van der Waals surface area contributed by atoms with Crippen LogP contribution in [0.4, 0.5) is 22.0 Å². The molecule has 0 saturated heterocycles. The summed E-state index contributed by atoms with van der Waals surface area (Å²) in [6, 6.07) is 0. The summed E-state index contributed by atoms with van der Waals surface area (Å²) >= 11 is 0. The minimum atomic E-state index is -5.82. The maximum atomic E-state index is 12.6. The van der Waals surface area contributed by atoms with Crippen molar-refractivity contribution in [1.29, 1.82) is 0 Å². The molecule has 0 rings (SSSR count). The Labute approximate surface area is 148 Å². The van der Waals surface area contributed by atoms with Gasteiger partial charge < -0.3 is 0 Å². The lowest BCUT2D eigenvalue weighted by molar-refractivity contribution is -0.268. The first-order chi connectivity index (χ1) is 11.6. The van der Waals surface area contributed by atoms with Crippen molar-refractivity contribution >= 4 is 5.78 Å². The predicted molar refractivity (Wildman–Crippen MR) is 94.9 cm³/mol. The molecule has 0 aliphatic heterocycles. The van der Waals surface area contributed by atoms with E-state index in [0.29, 0.717) is 12.8 Å². The lowest BCUT2D eigenvalue weighted by Crippen LogP contribution is -2.43. The normalized spacial score (nSPS) is 12.0. The molecule has 0 radical (unpaired) electrons. The Kier molecular flexibility index (Phi) is 18.2. The lowest BCUT2D eigenvalue weighted by Gasteiger charge is -2.17. The molecule has 25 heavy (non-hydrogen) atoms. The molecular formula is C19H31F5O. The van der Waals surface area contributed by atoms with Crippen LogP contribution in [0, 0.1) is 0 Å². The number of carbonyl (C=O) groups is 1. The molecule has 148 valence electrons. The zero-order chi connectivity index (χ0) is 20.5. The third kappa shape index (κ3) is 13.5. The van der Waals surface area contributed by atoms with Gasteiger partial charge in [-0.2, -0.15) is 22.0 Å². The van der Waals surface area contributed by atoms with Crippen LogP contribution in [0.3, 0.4) is 0 Å². The van der Waals surface area contributed by atoms with Crippen LogP contribution in [0.15, 0.2) is 36.5 Å². The van der Waals surface area contributed by atoms with E-state index in [4.69, 9.17) is 0 Å². The minimum absolute atomic E-state index is 0.0223. The summed E-state index contributed by atoms with van der Waals surface area (Å²) < 4.78 is 61.0. The summed E-state index contributed by atoms with van der Waals surface area (Å²) in [5, 5.41) is 0. The molecule has 6 heteroatoms. The van der Waals surface area contributed by atoms with Gasteiger partial charge >= 0.3 is 12.1 Å². The molecule has 0 unspecified atom stereocenters. The Morgan fingerprint density at radius 2 is 1.44 bits per heavy atom. The standard InChI is InChI=1S/C14H17F5O.C3H8.C2H6/c1-3-5-8-11(4-2)9-6-7-10-12(20)13(15,16)14(17,18)19;1-3-2;1-2/h3-5,8H,2,6-7,9-10H2,1H3;3H2,1-2H3;1-2H3/b5-3-,11-8+;;. The molecule has 0 spiro atoms. The van der Waals surface area contributed by atoms with E-state index in [1.54, 1.807) is 24.3 Å². The molecule has 0 heterocycles. The fraction of sp³-hybridized carbons (Fsp3) is 0.632. The Morgan fingerprint density at radius 1 is 1.00 bits per heavy atom. The maximum Gasteiger partial charge on any atom is 0.461 e. The molecule has 0 aliphatic carbocycles. The van der Waals surface area contributed by atoms with Crippen LogP contribution >= 0.6 is 0 Å². The molecule has 0 amide bonds. The highest BCUT2D eigenvalue weighted by molar-refractivity contribution is 5.86. The lowest BCUT2D eigenvalue weighted by atomic mass is 10.0. The van der Waals surface area contributed by atoms with Gasteiger partial charge in [-0.15, -0.1) is 0 Å². The summed E-state index contributed by atoms with van der Waals surface area (Å²) in [6.07, 6.45) is 2.32. The molecule has 0 aliphatic rings. The summed E-state index contributed by atoms with van der Waals surface area (Å²) in [4.78, 5) is 10.9. The van der Waals surface area contributed by atoms with Gasteiger partial charge in [0.15, 0.2) is 0 Å². The van der Waals surface area contributed by atoms with E-state index >= 15 is 0 Å². The highest BCUT2D eigenvalue weighted by atomic mass is 19.4. The van der Waals surface area contributed by atoms with Crippen molar-refractivity contribution in [2.24, 2.45) is 0 Å². The average Bonchev–Trinajstić information content (AvgIpc) is 2.55. The monoisotopic (exact) mass is 370 g/mol. The number of rotatable bonds is 8. The van der Waals surface area contributed by atoms with E-state index in [1.165, 1.54) is 6.42 Å². The second kappa shape index (κ2) is 16.0. The van der Waals surface area contributed by atoms with Crippen molar-refractivity contribution in [3.05, 3.63) is 36.5 Å². The number of unbranched alkanes of at least 4 members (excludes halogenated alkanes) is 1. The highest BCUT2D eigenvalue weighted by Crippen LogP contribution is 2.37. The Hall–Kier alpha value is -1.46.